The van der Waals surface area contributed by atoms with E-state index in [4.69, 9.17) is 0 Å². The normalized spacial score (nSPS) is 12.8. The van der Waals surface area contributed by atoms with Crippen molar-refractivity contribution in [2.75, 3.05) is 0 Å². The molecule has 0 aliphatic heterocycles. The van der Waals surface area contributed by atoms with Gasteiger partial charge in [0.05, 0.1) is 18.2 Å². The maximum absolute atomic E-state index is 12.7. The summed E-state index contributed by atoms with van der Waals surface area (Å²) in [5, 5.41) is 29.3. The molecule has 28 heavy (non-hydrogen) atoms. The lowest BCUT2D eigenvalue weighted by Crippen LogP contribution is -2.49. The molecule has 0 radical (unpaired) electrons. The summed E-state index contributed by atoms with van der Waals surface area (Å²) in [5.74, 6) is -0.298. The molecule has 0 aliphatic rings. The standard InChI is InChI=1S/C20H22N6O2/c1-13(2)18(22-17(27)11-14-7-4-3-5-8-14)20(28)21-16-10-6-9-15(12-16)19-23-25-26-24-19/h3-10,12-13,18H,11H2,1-2H3,(H,21,28)(H,22,27)(H,23,24,25,26)/p-1/t18-/m1/s1. The summed E-state index contributed by atoms with van der Waals surface area (Å²) >= 11 is 0. The molecule has 8 nitrogen and oxygen atoms in total. The molecule has 0 aliphatic carbocycles. The number of hydrogen-bond donors (Lipinski definition) is 2. The Morgan fingerprint density at radius 1 is 1.18 bits per heavy atom. The van der Waals surface area contributed by atoms with Crippen molar-refractivity contribution in [3.63, 3.8) is 0 Å². The molecule has 2 aromatic carbocycles. The summed E-state index contributed by atoms with van der Waals surface area (Å²) in [6.07, 6.45) is 0.213. The van der Waals surface area contributed by atoms with Gasteiger partial charge in [-0.05, 0) is 34.7 Å². The van der Waals surface area contributed by atoms with E-state index in [-0.39, 0.29) is 18.2 Å². The maximum Gasteiger partial charge on any atom is 0.224 e. The number of rotatable bonds is 7. The second-order valence-electron chi connectivity index (χ2n) is 6.69. The third-order valence-corrected chi connectivity index (χ3v) is 4.15. The third kappa shape index (κ3) is 5.00. The lowest BCUT2D eigenvalue weighted by atomic mass is 10.0. The number of aromatic nitrogens is 4. The highest BCUT2D eigenvalue weighted by Gasteiger charge is 2.17. The summed E-state index contributed by atoms with van der Waals surface area (Å²) < 4.78 is 0. The fourth-order valence-electron chi connectivity index (χ4n) is 2.71. The predicted molar refractivity (Wildman–Crippen MR) is 104 cm³/mol. The Labute approximate surface area is 162 Å². The molecule has 144 valence electrons. The molecule has 3 rings (SSSR count). The molecule has 0 spiro atoms. The Morgan fingerprint density at radius 2 is 1.96 bits per heavy atom. The van der Waals surface area contributed by atoms with Gasteiger partial charge in [0, 0.05) is 5.56 Å². The van der Waals surface area contributed by atoms with Crippen LogP contribution in [-0.4, -0.2) is 38.5 Å². The van der Waals surface area contributed by atoms with Gasteiger partial charge in [-0.25, -0.2) is 0 Å². The molecular weight excluding hydrogens is 356 g/mol. The Kier molecular flexibility index (Phi) is 6.11. The largest absolute Gasteiger partial charge is 0.860 e. The number of amides is 1. The minimum absolute atomic E-state index is 0.101. The quantitative estimate of drug-likeness (QED) is 0.479. The predicted octanol–water partition coefficient (Wildman–Crippen LogP) is 1.64. The number of nitrogens with one attached hydrogen (secondary N) is 2. The fraction of sp³-hybridized carbons (Fsp3) is 0.250. The Bertz CT molecular complexity index is 938. The summed E-state index contributed by atoms with van der Waals surface area (Å²) in [7, 11) is 0. The van der Waals surface area contributed by atoms with Crippen molar-refractivity contribution in [2.24, 2.45) is 10.9 Å². The highest BCUT2D eigenvalue weighted by molar-refractivity contribution is 5.88. The zero-order valence-corrected chi connectivity index (χ0v) is 15.7. The van der Waals surface area contributed by atoms with Crippen molar-refractivity contribution in [1.82, 2.24) is 25.9 Å². The number of benzene rings is 2. The molecule has 0 bridgehead atoms. The van der Waals surface area contributed by atoms with Gasteiger partial charge >= 0.3 is 0 Å². The van der Waals surface area contributed by atoms with E-state index in [1.807, 2.05) is 44.2 Å². The molecule has 1 atom stereocenters. The number of aromatic amines is 1. The molecule has 0 unspecified atom stereocenters. The van der Waals surface area contributed by atoms with E-state index < -0.39 is 11.9 Å². The van der Waals surface area contributed by atoms with E-state index in [0.29, 0.717) is 17.1 Å². The van der Waals surface area contributed by atoms with Crippen LogP contribution in [-0.2, 0) is 11.2 Å². The number of nitrogens with zero attached hydrogens (tertiary/aromatic N) is 4. The van der Waals surface area contributed by atoms with Crippen LogP contribution in [0.2, 0.25) is 0 Å². The van der Waals surface area contributed by atoms with Crippen LogP contribution in [0.25, 0.3) is 11.4 Å². The van der Waals surface area contributed by atoms with Crippen LogP contribution in [0.3, 0.4) is 0 Å². The van der Waals surface area contributed by atoms with Crippen molar-refractivity contribution >= 4 is 17.5 Å². The molecule has 0 saturated carbocycles. The second kappa shape index (κ2) is 8.90. The molecular formula is C20H21N6O2-. The van der Waals surface area contributed by atoms with Crippen LogP contribution in [0.5, 0.6) is 0 Å². The van der Waals surface area contributed by atoms with E-state index >= 15 is 0 Å². The molecule has 8 heteroatoms. The molecule has 1 heterocycles. The molecule has 2 N–H and O–H groups in total. The first kappa shape index (κ1) is 19.2. The van der Waals surface area contributed by atoms with E-state index in [0.717, 1.165) is 5.56 Å². The molecule has 1 amide bonds. The summed E-state index contributed by atoms with van der Waals surface area (Å²) in [6.45, 7) is 3.74. The number of hydrogen-bond acceptors (Lipinski definition) is 6. The van der Waals surface area contributed by atoms with Crippen LogP contribution in [0.15, 0.2) is 59.6 Å². The summed E-state index contributed by atoms with van der Waals surface area (Å²) in [6, 6.07) is 15.7. The van der Waals surface area contributed by atoms with Gasteiger partial charge in [-0.1, -0.05) is 56.3 Å². The smallest absolute Gasteiger partial charge is 0.224 e. The number of carbonyl (C=O) groups is 1. The zero-order valence-electron chi connectivity index (χ0n) is 15.7. The van der Waals surface area contributed by atoms with Crippen molar-refractivity contribution in [3.8, 4) is 11.4 Å². The summed E-state index contributed by atoms with van der Waals surface area (Å²) in [4.78, 5) is 16.5. The zero-order chi connectivity index (χ0) is 19.9. The van der Waals surface area contributed by atoms with Gasteiger partial charge in [0.1, 0.15) is 0 Å². The molecule has 3 aromatic rings. The lowest BCUT2D eigenvalue weighted by molar-refractivity contribution is -0.222. The Morgan fingerprint density at radius 3 is 2.64 bits per heavy atom. The minimum atomic E-state index is -0.704. The van der Waals surface area contributed by atoms with Crippen LogP contribution in [0, 0.1) is 5.92 Å². The van der Waals surface area contributed by atoms with Crippen LogP contribution in [0.1, 0.15) is 19.4 Å². The van der Waals surface area contributed by atoms with Gasteiger partial charge in [-0.2, -0.15) is 5.21 Å². The van der Waals surface area contributed by atoms with Gasteiger partial charge in [-0.3, -0.25) is 9.79 Å². The van der Waals surface area contributed by atoms with E-state index in [1.165, 1.54) is 0 Å². The molecule has 0 saturated heterocycles. The van der Waals surface area contributed by atoms with Gasteiger partial charge in [0.15, 0.2) is 0 Å². The number of aliphatic imine (C=N–C) groups is 1. The fourth-order valence-corrected chi connectivity index (χ4v) is 2.71. The maximum atomic E-state index is 12.7. The molecule has 0 fully saturated rings. The first-order valence-corrected chi connectivity index (χ1v) is 8.95. The van der Waals surface area contributed by atoms with E-state index in [2.05, 4.69) is 30.9 Å². The SMILES string of the molecule is CC(C)[C@@H](NC(=O)Cc1ccccc1)C([O-])=Nc1cccc(-c2nn[nH]n2)c1. The summed E-state index contributed by atoms with van der Waals surface area (Å²) in [5.41, 5.74) is 2.05. The molecule has 1 aromatic heterocycles. The van der Waals surface area contributed by atoms with Crippen molar-refractivity contribution < 1.29 is 9.90 Å². The van der Waals surface area contributed by atoms with Crippen LogP contribution in [0.4, 0.5) is 5.69 Å². The average Bonchev–Trinajstić information content (AvgIpc) is 3.22. The number of tetrazole rings is 1. The van der Waals surface area contributed by atoms with Gasteiger partial charge < -0.3 is 10.4 Å². The topological polar surface area (TPSA) is 119 Å². The third-order valence-electron chi connectivity index (χ3n) is 4.15. The van der Waals surface area contributed by atoms with Gasteiger partial charge in [-0.15, -0.1) is 10.2 Å². The average molecular weight is 377 g/mol. The second-order valence-corrected chi connectivity index (χ2v) is 6.69. The monoisotopic (exact) mass is 377 g/mol. The first-order chi connectivity index (χ1) is 13.5. The van der Waals surface area contributed by atoms with Gasteiger partial charge in [0.2, 0.25) is 11.7 Å². The Balaban J connectivity index is 1.74. The van der Waals surface area contributed by atoms with Gasteiger partial charge in [0.25, 0.3) is 0 Å². The highest BCUT2D eigenvalue weighted by Crippen LogP contribution is 2.21. The van der Waals surface area contributed by atoms with E-state index in [9.17, 15) is 9.90 Å². The lowest BCUT2D eigenvalue weighted by Gasteiger charge is -2.27. The number of H-pyrrole nitrogens is 1. The van der Waals surface area contributed by atoms with Crippen molar-refractivity contribution in [3.05, 3.63) is 60.2 Å². The van der Waals surface area contributed by atoms with Crippen LogP contribution < -0.4 is 10.4 Å². The first-order valence-electron chi connectivity index (χ1n) is 8.95. The highest BCUT2D eigenvalue weighted by atomic mass is 16.3. The van der Waals surface area contributed by atoms with Crippen LogP contribution >= 0.6 is 0 Å². The minimum Gasteiger partial charge on any atom is -0.860 e. The van der Waals surface area contributed by atoms with Crippen molar-refractivity contribution in [2.45, 2.75) is 26.3 Å². The Hall–Kier alpha value is -3.55. The van der Waals surface area contributed by atoms with Crippen molar-refractivity contribution in [1.29, 1.82) is 0 Å². The van der Waals surface area contributed by atoms with E-state index in [1.54, 1.807) is 24.3 Å². The number of carbonyl (C=O) groups excluding carboxylic acids is 1.